The molecule has 0 aliphatic carbocycles. The molecule has 1 fully saturated rings. The van der Waals surface area contributed by atoms with Crippen molar-refractivity contribution < 1.29 is 9.72 Å². The standard InChI is InChI=1S/C13H15BrN2O3/c1-9-11(5-2-6-12(9)16(18)19)13(17)15-7-3-4-10(14)8-15/h2,5-6,10H,3-4,7-8H2,1H3. The Morgan fingerprint density at radius 1 is 1.53 bits per heavy atom. The van der Waals surface area contributed by atoms with Crippen molar-refractivity contribution in [3.8, 4) is 0 Å². The van der Waals surface area contributed by atoms with Crippen molar-refractivity contribution in [2.45, 2.75) is 24.6 Å². The molecule has 1 aromatic carbocycles. The molecule has 0 spiro atoms. The Labute approximate surface area is 119 Å². The molecule has 102 valence electrons. The van der Waals surface area contributed by atoms with Crippen molar-refractivity contribution in [3.05, 3.63) is 39.4 Å². The van der Waals surface area contributed by atoms with Crippen molar-refractivity contribution in [1.29, 1.82) is 0 Å². The Hall–Kier alpha value is -1.43. The van der Waals surface area contributed by atoms with Crippen LogP contribution in [0.2, 0.25) is 0 Å². The van der Waals surface area contributed by atoms with E-state index in [1.165, 1.54) is 6.07 Å². The lowest BCUT2D eigenvalue weighted by Crippen LogP contribution is -2.40. The van der Waals surface area contributed by atoms with Gasteiger partial charge in [-0.2, -0.15) is 0 Å². The number of carbonyl (C=O) groups excluding carboxylic acids is 1. The predicted octanol–water partition coefficient (Wildman–Crippen LogP) is 2.90. The van der Waals surface area contributed by atoms with E-state index in [0.29, 0.717) is 29.0 Å². The van der Waals surface area contributed by atoms with Gasteiger partial charge in [0, 0.05) is 35.1 Å². The third kappa shape index (κ3) is 2.94. The number of piperidine rings is 1. The summed E-state index contributed by atoms with van der Waals surface area (Å²) in [5.41, 5.74) is 0.864. The molecule has 1 aliphatic heterocycles. The van der Waals surface area contributed by atoms with E-state index in [-0.39, 0.29) is 11.6 Å². The first-order valence-corrected chi connectivity index (χ1v) is 7.09. The van der Waals surface area contributed by atoms with Crippen LogP contribution in [0.15, 0.2) is 18.2 Å². The minimum atomic E-state index is -0.449. The van der Waals surface area contributed by atoms with Crippen LogP contribution in [0.5, 0.6) is 0 Å². The lowest BCUT2D eigenvalue weighted by molar-refractivity contribution is -0.385. The quantitative estimate of drug-likeness (QED) is 0.477. The fraction of sp³-hybridized carbons (Fsp3) is 0.462. The van der Waals surface area contributed by atoms with E-state index in [2.05, 4.69) is 15.9 Å². The van der Waals surface area contributed by atoms with Crippen LogP contribution in [0.25, 0.3) is 0 Å². The zero-order valence-corrected chi connectivity index (χ0v) is 12.2. The first-order chi connectivity index (χ1) is 9.00. The number of alkyl halides is 1. The van der Waals surface area contributed by atoms with Gasteiger partial charge in [-0.15, -0.1) is 0 Å². The van der Waals surface area contributed by atoms with Gasteiger partial charge < -0.3 is 4.90 Å². The van der Waals surface area contributed by atoms with Crippen molar-refractivity contribution in [1.82, 2.24) is 4.90 Å². The third-order valence-corrected chi connectivity index (χ3v) is 4.13. The molecule has 1 atom stereocenters. The van der Waals surface area contributed by atoms with E-state index < -0.39 is 4.92 Å². The molecular weight excluding hydrogens is 312 g/mol. The molecule has 2 rings (SSSR count). The van der Waals surface area contributed by atoms with Gasteiger partial charge in [-0.25, -0.2) is 0 Å². The maximum absolute atomic E-state index is 12.4. The van der Waals surface area contributed by atoms with Crippen LogP contribution in [0, 0.1) is 17.0 Å². The van der Waals surface area contributed by atoms with Gasteiger partial charge in [0.05, 0.1) is 4.92 Å². The van der Waals surface area contributed by atoms with Gasteiger partial charge in [0.15, 0.2) is 0 Å². The molecule has 1 unspecified atom stereocenters. The van der Waals surface area contributed by atoms with Crippen molar-refractivity contribution in [3.63, 3.8) is 0 Å². The van der Waals surface area contributed by atoms with Crippen LogP contribution in [0.4, 0.5) is 5.69 Å². The van der Waals surface area contributed by atoms with Gasteiger partial charge in [0.25, 0.3) is 11.6 Å². The van der Waals surface area contributed by atoms with Crippen molar-refractivity contribution in [2.24, 2.45) is 0 Å². The summed E-state index contributed by atoms with van der Waals surface area (Å²) in [6.45, 7) is 2.99. The fourth-order valence-electron chi connectivity index (χ4n) is 2.33. The fourth-order valence-corrected chi connectivity index (χ4v) is 3.01. The van der Waals surface area contributed by atoms with Gasteiger partial charge >= 0.3 is 0 Å². The molecular formula is C13H15BrN2O3. The monoisotopic (exact) mass is 326 g/mol. The second-order valence-electron chi connectivity index (χ2n) is 4.70. The highest BCUT2D eigenvalue weighted by atomic mass is 79.9. The summed E-state index contributed by atoms with van der Waals surface area (Å²) in [7, 11) is 0. The summed E-state index contributed by atoms with van der Waals surface area (Å²) in [4.78, 5) is 24.9. The van der Waals surface area contributed by atoms with E-state index in [0.717, 1.165) is 12.8 Å². The highest BCUT2D eigenvalue weighted by Crippen LogP contribution is 2.24. The van der Waals surface area contributed by atoms with Crippen LogP contribution in [-0.4, -0.2) is 33.6 Å². The Bertz CT molecular complexity index is 519. The summed E-state index contributed by atoms with van der Waals surface area (Å²) in [5.74, 6) is -0.120. The Morgan fingerprint density at radius 2 is 2.26 bits per heavy atom. The molecule has 0 bridgehead atoms. The SMILES string of the molecule is Cc1c(C(=O)N2CCCC(Br)C2)cccc1[N+](=O)[O-]. The van der Waals surface area contributed by atoms with Crippen LogP contribution in [0.3, 0.4) is 0 Å². The predicted molar refractivity (Wildman–Crippen MR) is 75.7 cm³/mol. The van der Waals surface area contributed by atoms with E-state index >= 15 is 0 Å². The normalized spacial score (nSPS) is 19.3. The van der Waals surface area contributed by atoms with Crippen LogP contribution < -0.4 is 0 Å². The smallest absolute Gasteiger partial charge is 0.273 e. The summed E-state index contributed by atoms with van der Waals surface area (Å²) >= 11 is 3.52. The van der Waals surface area contributed by atoms with E-state index in [9.17, 15) is 14.9 Å². The summed E-state index contributed by atoms with van der Waals surface area (Å²) < 4.78 is 0. The largest absolute Gasteiger partial charge is 0.338 e. The van der Waals surface area contributed by atoms with Gasteiger partial charge in [0.1, 0.15) is 0 Å². The van der Waals surface area contributed by atoms with Crippen LogP contribution >= 0.6 is 15.9 Å². The molecule has 1 heterocycles. The van der Waals surface area contributed by atoms with E-state index in [1.54, 1.807) is 24.0 Å². The molecule has 1 aliphatic rings. The Balaban J connectivity index is 2.28. The molecule has 1 saturated heterocycles. The van der Waals surface area contributed by atoms with Crippen LogP contribution in [0.1, 0.15) is 28.8 Å². The topological polar surface area (TPSA) is 63.5 Å². The molecule has 6 heteroatoms. The molecule has 0 saturated carbocycles. The molecule has 0 radical (unpaired) electrons. The minimum Gasteiger partial charge on any atom is -0.338 e. The molecule has 0 N–H and O–H groups in total. The molecule has 1 amide bonds. The second-order valence-corrected chi connectivity index (χ2v) is 5.99. The maximum atomic E-state index is 12.4. The number of benzene rings is 1. The third-order valence-electron chi connectivity index (χ3n) is 3.38. The maximum Gasteiger partial charge on any atom is 0.273 e. The first-order valence-electron chi connectivity index (χ1n) is 6.18. The number of amides is 1. The van der Waals surface area contributed by atoms with Gasteiger partial charge in [0.2, 0.25) is 0 Å². The molecule has 0 aromatic heterocycles. The van der Waals surface area contributed by atoms with Gasteiger partial charge in [-0.05, 0) is 25.8 Å². The Morgan fingerprint density at radius 3 is 2.89 bits per heavy atom. The molecule has 5 nitrogen and oxygen atoms in total. The number of nitro groups is 1. The van der Waals surface area contributed by atoms with Gasteiger partial charge in [-0.1, -0.05) is 22.0 Å². The number of rotatable bonds is 2. The number of nitrogens with zero attached hydrogens (tertiary/aromatic N) is 2. The highest BCUT2D eigenvalue weighted by molar-refractivity contribution is 9.09. The van der Waals surface area contributed by atoms with Gasteiger partial charge in [-0.3, -0.25) is 14.9 Å². The zero-order valence-electron chi connectivity index (χ0n) is 10.6. The number of hydrogen-bond acceptors (Lipinski definition) is 3. The average molecular weight is 327 g/mol. The number of nitro benzene ring substituents is 1. The second kappa shape index (κ2) is 5.69. The molecule has 1 aromatic rings. The summed E-state index contributed by atoms with van der Waals surface area (Å²) in [6.07, 6.45) is 2.01. The summed E-state index contributed by atoms with van der Waals surface area (Å²) in [6, 6.07) is 4.64. The average Bonchev–Trinajstić information content (AvgIpc) is 2.38. The zero-order chi connectivity index (χ0) is 14.0. The van der Waals surface area contributed by atoms with Crippen molar-refractivity contribution in [2.75, 3.05) is 13.1 Å². The number of likely N-dealkylation sites (tertiary alicyclic amines) is 1. The van der Waals surface area contributed by atoms with Crippen LogP contribution in [-0.2, 0) is 0 Å². The number of hydrogen-bond donors (Lipinski definition) is 0. The molecule has 19 heavy (non-hydrogen) atoms. The minimum absolute atomic E-state index is 0.00162. The number of halogens is 1. The first kappa shape index (κ1) is 14.0. The Kier molecular flexibility index (Phi) is 4.19. The lowest BCUT2D eigenvalue weighted by Gasteiger charge is -2.30. The van der Waals surface area contributed by atoms with E-state index in [4.69, 9.17) is 0 Å². The van der Waals surface area contributed by atoms with Crippen molar-refractivity contribution >= 4 is 27.5 Å². The van der Waals surface area contributed by atoms with E-state index in [1.807, 2.05) is 0 Å². The highest BCUT2D eigenvalue weighted by Gasteiger charge is 2.26. The lowest BCUT2D eigenvalue weighted by atomic mass is 10.0. The summed E-state index contributed by atoms with van der Waals surface area (Å²) in [5, 5.41) is 10.9. The number of carbonyl (C=O) groups is 1.